The first-order valence-electron chi connectivity index (χ1n) is 4.20. The number of rotatable bonds is 1. The van der Waals surface area contributed by atoms with Crippen LogP contribution in [0.5, 0.6) is 0 Å². The van der Waals surface area contributed by atoms with E-state index in [4.69, 9.17) is 9.47 Å². The minimum Gasteiger partial charge on any atom is -0.374 e. The van der Waals surface area contributed by atoms with Gasteiger partial charge in [-0.1, -0.05) is 22.0 Å². The monoisotopic (exact) mass is 242 g/mol. The fourth-order valence-corrected chi connectivity index (χ4v) is 1.98. The molecule has 1 aliphatic heterocycles. The largest absolute Gasteiger partial charge is 0.374 e. The van der Waals surface area contributed by atoms with Crippen LogP contribution in [-0.4, -0.2) is 13.7 Å². The molecule has 13 heavy (non-hydrogen) atoms. The fourth-order valence-electron chi connectivity index (χ4n) is 1.57. The zero-order valence-corrected chi connectivity index (χ0v) is 9.00. The molecule has 1 aliphatic rings. The molecule has 1 aromatic carbocycles. The molecule has 3 heteroatoms. The standard InChI is InChI=1S/C10H11BrO2/c1-12-10-6-13-5-7-4-8(11)2-3-9(7)10/h2-4,10H,5-6H2,1H3. The number of fused-ring (bicyclic) bond motifs is 1. The predicted molar refractivity (Wildman–Crippen MR) is 53.5 cm³/mol. The first-order chi connectivity index (χ1) is 6.31. The maximum absolute atomic E-state index is 5.41. The lowest BCUT2D eigenvalue weighted by Gasteiger charge is -2.24. The normalized spacial score (nSPS) is 21.2. The van der Waals surface area contributed by atoms with Crippen LogP contribution in [0.4, 0.5) is 0 Å². The Morgan fingerprint density at radius 2 is 2.38 bits per heavy atom. The molecule has 0 N–H and O–H groups in total. The van der Waals surface area contributed by atoms with Crippen LogP contribution >= 0.6 is 15.9 Å². The Bertz CT molecular complexity index is 312. The first kappa shape index (κ1) is 9.19. The van der Waals surface area contributed by atoms with E-state index in [0.717, 1.165) is 4.47 Å². The maximum atomic E-state index is 5.41. The lowest BCUT2D eigenvalue weighted by molar-refractivity contribution is -0.0153. The van der Waals surface area contributed by atoms with Crippen molar-refractivity contribution in [3.05, 3.63) is 33.8 Å². The lowest BCUT2D eigenvalue weighted by Crippen LogP contribution is -2.17. The molecule has 0 radical (unpaired) electrons. The van der Waals surface area contributed by atoms with Gasteiger partial charge in [-0.2, -0.15) is 0 Å². The van der Waals surface area contributed by atoms with Gasteiger partial charge in [0.25, 0.3) is 0 Å². The molecule has 2 rings (SSSR count). The van der Waals surface area contributed by atoms with Crippen LogP contribution in [0.3, 0.4) is 0 Å². The Hall–Kier alpha value is -0.380. The van der Waals surface area contributed by atoms with E-state index >= 15 is 0 Å². The van der Waals surface area contributed by atoms with Gasteiger partial charge in [-0.05, 0) is 23.3 Å². The van der Waals surface area contributed by atoms with Gasteiger partial charge >= 0.3 is 0 Å². The quantitative estimate of drug-likeness (QED) is 0.754. The van der Waals surface area contributed by atoms with Crippen LogP contribution in [0.15, 0.2) is 22.7 Å². The van der Waals surface area contributed by atoms with Gasteiger partial charge in [0.15, 0.2) is 0 Å². The predicted octanol–water partition coefficient (Wildman–Crippen LogP) is 2.67. The molecule has 1 aromatic rings. The smallest absolute Gasteiger partial charge is 0.106 e. The number of hydrogen-bond donors (Lipinski definition) is 0. The number of halogens is 1. The van der Waals surface area contributed by atoms with Gasteiger partial charge in [-0.3, -0.25) is 0 Å². The molecule has 1 unspecified atom stereocenters. The lowest BCUT2D eigenvalue weighted by atomic mass is 10.0. The molecule has 0 amide bonds. The van der Waals surface area contributed by atoms with Crippen molar-refractivity contribution in [2.75, 3.05) is 13.7 Å². The van der Waals surface area contributed by atoms with Gasteiger partial charge in [-0.15, -0.1) is 0 Å². The van der Waals surface area contributed by atoms with Gasteiger partial charge in [0, 0.05) is 11.6 Å². The zero-order chi connectivity index (χ0) is 9.26. The van der Waals surface area contributed by atoms with E-state index in [1.807, 2.05) is 6.07 Å². The van der Waals surface area contributed by atoms with Crippen molar-refractivity contribution in [2.24, 2.45) is 0 Å². The molecule has 0 aromatic heterocycles. The second kappa shape index (κ2) is 3.78. The van der Waals surface area contributed by atoms with Crippen LogP contribution in [0, 0.1) is 0 Å². The van der Waals surface area contributed by atoms with Gasteiger partial charge in [0.2, 0.25) is 0 Å². The number of methoxy groups -OCH3 is 1. The van der Waals surface area contributed by atoms with Gasteiger partial charge in [0.05, 0.1) is 13.2 Å². The summed E-state index contributed by atoms with van der Waals surface area (Å²) in [4.78, 5) is 0. The summed E-state index contributed by atoms with van der Waals surface area (Å²) in [7, 11) is 1.71. The third-order valence-corrected chi connectivity index (χ3v) is 2.76. The van der Waals surface area contributed by atoms with Crippen LogP contribution in [0.2, 0.25) is 0 Å². The molecule has 0 saturated carbocycles. The summed E-state index contributed by atoms with van der Waals surface area (Å²) in [6.07, 6.45) is 0.0943. The second-order valence-corrected chi connectivity index (χ2v) is 4.00. The number of ether oxygens (including phenoxy) is 2. The van der Waals surface area contributed by atoms with E-state index in [9.17, 15) is 0 Å². The highest BCUT2D eigenvalue weighted by Gasteiger charge is 2.19. The van der Waals surface area contributed by atoms with Crippen molar-refractivity contribution in [3.63, 3.8) is 0 Å². The molecular weight excluding hydrogens is 232 g/mol. The molecule has 0 saturated heterocycles. The summed E-state index contributed by atoms with van der Waals surface area (Å²) < 4.78 is 11.8. The fraction of sp³-hybridized carbons (Fsp3) is 0.400. The van der Waals surface area contributed by atoms with Gasteiger partial charge in [-0.25, -0.2) is 0 Å². The Morgan fingerprint density at radius 1 is 1.54 bits per heavy atom. The van der Waals surface area contributed by atoms with Crippen LogP contribution < -0.4 is 0 Å². The van der Waals surface area contributed by atoms with E-state index in [0.29, 0.717) is 13.2 Å². The Balaban J connectivity index is 2.40. The number of benzene rings is 1. The average Bonchev–Trinajstić information content (AvgIpc) is 2.16. The highest BCUT2D eigenvalue weighted by molar-refractivity contribution is 9.10. The number of hydrogen-bond acceptors (Lipinski definition) is 2. The molecule has 1 heterocycles. The van der Waals surface area contributed by atoms with E-state index in [1.54, 1.807) is 7.11 Å². The molecule has 0 fully saturated rings. The van der Waals surface area contributed by atoms with E-state index < -0.39 is 0 Å². The van der Waals surface area contributed by atoms with Crippen molar-refractivity contribution >= 4 is 15.9 Å². The first-order valence-corrected chi connectivity index (χ1v) is 4.99. The van der Waals surface area contributed by atoms with Crippen molar-refractivity contribution < 1.29 is 9.47 Å². The SMILES string of the molecule is COC1COCc2cc(Br)ccc21. The minimum absolute atomic E-state index is 0.0943. The molecule has 2 nitrogen and oxygen atoms in total. The van der Waals surface area contributed by atoms with Crippen molar-refractivity contribution in [1.82, 2.24) is 0 Å². The summed E-state index contributed by atoms with van der Waals surface area (Å²) in [6, 6.07) is 6.22. The van der Waals surface area contributed by atoms with E-state index in [2.05, 4.69) is 28.1 Å². The summed E-state index contributed by atoms with van der Waals surface area (Å²) >= 11 is 3.44. The Labute approximate surface area is 86.0 Å². The van der Waals surface area contributed by atoms with Gasteiger partial charge < -0.3 is 9.47 Å². The van der Waals surface area contributed by atoms with Gasteiger partial charge in [0.1, 0.15) is 6.10 Å². The van der Waals surface area contributed by atoms with Crippen LogP contribution in [0.1, 0.15) is 17.2 Å². The third-order valence-electron chi connectivity index (χ3n) is 2.26. The molecule has 0 bridgehead atoms. The van der Waals surface area contributed by atoms with Crippen molar-refractivity contribution in [1.29, 1.82) is 0 Å². The topological polar surface area (TPSA) is 18.5 Å². The van der Waals surface area contributed by atoms with E-state index in [1.165, 1.54) is 11.1 Å². The average molecular weight is 243 g/mol. The summed E-state index contributed by atoms with van der Waals surface area (Å²) in [5.74, 6) is 0. The molecular formula is C10H11BrO2. The zero-order valence-electron chi connectivity index (χ0n) is 7.42. The highest BCUT2D eigenvalue weighted by atomic mass is 79.9. The maximum Gasteiger partial charge on any atom is 0.106 e. The molecule has 70 valence electrons. The molecule has 0 aliphatic carbocycles. The second-order valence-electron chi connectivity index (χ2n) is 3.08. The van der Waals surface area contributed by atoms with Crippen molar-refractivity contribution in [3.8, 4) is 0 Å². The van der Waals surface area contributed by atoms with Crippen molar-refractivity contribution in [2.45, 2.75) is 12.7 Å². The third kappa shape index (κ3) is 1.77. The molecule has 0 spiro atoms. The summed E-state index contributed by atoms with van der Waals surface area (Å²) in [5, 5.41) is 0. The minimum atomic E-state index is 0.0943. The highest BCUT2D eigenvalue weighted by Crippen LogP contribution is 2.29. The molecule has 1 atom stereocenters. The Kier molecular flexibility index (Phi) is 2.67. The van der Waals surface area contributed by atoms with Crippen LogP contribution in [-0.2, 0) is 16.1 Å². The van der Waals surface area contributed by atoms with Crippen LogP contribution in [0.25, 0.3) is 0 Å². The summed E-state index contributed by atoms with van der Waals surface area (Å²) in [5.41, 5.74) is 2.46. The Morgan fingerprint density at radius 3 is 3.15 bits per heavy atom. The van der Waals surface area contributed by atoms with E-state index in [-0.39, 0.29) is 6.10 Å². The summed E-state index contributed by atoms with van der Waals surface area (Å²) in [6.45, 7) is 1.35.